The molecule has 1 aromatic rings. The number of carboxylic acids is 1. The van der Waals surface area contributed by atoms with Crippen molar-refractivity contribution in [2.24, 2.45) is 0 Å². The Labute approximate surface area is 219 Å². The lowest BCUT2D eigenvalue weighted by atomic mass is 10.1. The average molecular weight is 490 g/mol. The van der Waals surface area contributed by atoms with E-state index in [4.69, 9.17) is 5.11 Å². The molecule has 0 atom stereocenters. The first-order valence-corrected chi connectivity index (χ1v) is 15.1. The van der Waals surface area contributed by atoms with Crippen LogP contribution in [0, 0.1) is 0 Å². The quantitative estimate of drug-likeness (QED) is 0.155. The number of carbonyl (C=O) groups is 1. The van der Waals surface area contributed by atoms with Crippen LogP contribution in [0.25, 0.3) is 0 Å². The summed E-state index contributed by atoms with van der Waals surface area (Å²) >= 11 is 0. The minimum Gasteiger partial charge on any atom is -0.478 e. The highest BCUT2D eigenvalue weighted by Crippen LogP contribution is 2.12. The molecular weight excluding hydrogens is 430 g/mol. The molecule has 0 aliphatic rings. The zero-order valence-electron chi connectivity index (χ0n) is 23.7. The maximum Gasteiger partial charge on any atom is 0.335 e. The number of hydrogen-bond donors (Lipinski definition) is 1. The fourth-order valence-electron chi connectivity index (χ4n) is 4.43. The Bertz CT molecular complexity index is 522. The van der Waals surface area contributed by atoms with Crippen molar-refractivity contribution in [1.29, 1.82) is 0 Å². The lowest BCUT2D eigenvalue weighted by molar-refractivity contribution is 0.0697. The third kappa shape index (κ3) is 25.5. The number of aromatic carboxylic acids is 1. The fourth-order valence-corrected chi connectivity index (χ4v) is 4.43. The van der Waals surface area contributed by atoms with Gasteiger partial charge in [-0.15, -0.1) is 0 Å². The molecule has 3 heteroatoms. The van der Waals surface area contributed by atoms with E-state index in [0.717, 1.165) is 0 Å². The van der Waals surface area contributed by atoms with Gasteiger partial charge in [-0.25, -0.2) is 4.79 Å². The van der Waals surface area contributed by atoms with Crippen LogP contribution >= 0.6 is 0 Å². The Morgan fingerprint density at radius 1 is 0.571 bits per heavy atom. The smallest absolute Gasteiger partial charge is 0.335 e. The van der Waals surface area contributed by atoms with E-state index in [1.165, 1.54) is 142 Å². The zero-order chi connectivity index (χ0) is 25.8. The molecule has 0 aliphatic carbocycles. The molecule has 1 aromatic carbocycles. The molecule has 0 saturated heterocycles. The summed E-state index contributed by atoms with van der Waals surface area (Å²) in [7, 11) is 2.32. The third-order valence-corrected chi connectivity index (χ3v) is 6.81. The normalized spacial score (nSPS) is 10.9. The van der Waals surface area contributed by atoms with Gasteiger partial charge in [-0.1, -0.05) is 148 Å². The summed E-state index contributed by atoms with van der Waals surface area (Å²) in [5.74, 6) is -0.879. The maximum atomic E-state index is 10.2. The highest BCUT2D eigenvalue weighted by molar-refractivity contribution is 5.87. The molecule has 3 nitrogen and oxygen atoms in total. The monoisotopic (exact) mass is 489 g/mol. The Kier molecular flexibility index (Phi) is 26.2. The second-order valence-electron chi connectivity index (χ2n) is 10.3. The van der Waals surface area contributed by atoms with Crippen LogP contribution in [0.5, 0.6) is 0 Å². The number of nitrogens with zero attached hydrogens (tertiary/aromatic N) is 1. The molecule has 0 heterocycles. The summed E-state index contributed by atoms with van der Waals surface area (Å²) in [6.45, 7) is 7.23. The first-order chi connectivity index (χ1) is 17.1. The molecule has 0 fully saturated rings. The minimum absolute atomic E-state index is 0.331. The van der Waals surface area contributed by atoms with Crippen molar-refractivity contribution < 1.29 is 9.90 Å². The van der Waals surface area contributed by atoms with Crippen molar-refractivity contribution >= 4 is 5.97 Å². The molecule has 0 amide bonds. The second-order valence-corrected chi connectivity index (χ2v) is 10.3. The van der Waals surface area contributed by atoms with Crippen LogP contribution in [-0.4, -0.2) is 36.1 Å². The van der Waals surface area contributed by atoms with Gasteiger partial charge < -0.3 is 10.0 Å². The van der Waals surface area contributed by atoms with Crippen molar-refractivity contribution in [2.75, 3.05) is 20.1 Å². The molecule has 1 rings (SSSR count). The Morgan fingerprint density at radius 3 is 1.17 bits per heavy atom. The highest BCUT2D eigenvalue weighted by Gasteiger charge is 1.99. The van der Waals surface area contributed by atoms with E-state index >= 15 is 0 Å². The summed E-state index contributed by atoms with van der Waals surface area (Å²) in [6, 6.07) is 8.30. The van der Waals surface area contributed by atoms with Gasteiger partial charge in [0.05, 0.1) is 5.56 Å². The van der Waals surface area contributed by atoms with Crippen molar-refractivity contribution in [3.8, 4) is 0 Å². The van der Waals surface area contributed by atoms with E-state index in [9.17, 15) is 4.79 Å². The SMILES string of the molecule is CCCCCCCCCCCCN(C)CCCCCCCCCCCC.O=C(O)c1ccccc1. The standard InChI is InChI=1S/C25H53N.C7H6O2/c1-4-6-8-10-12-14-16-18-20-22-24-26(3)25-23-21-19-17-15-13-11-9-7-5-2;8-7(9)6-4-2-1-3-5-6/h4-25H2,1-3H3;1-5H,(H,8,9). The number of unbranched alkanes of at least 4 members (excludes halogenated alkanes) is 18. The summed E-state index contributed by atoms with van der Waals surface area (Å²) in [5, 5.41) is 8.38. The molecular formula is C32H59NO2. The van der Waals surface area contributed by atoms with E-state index in [1.54, 1.807) is 30.3 Å². The summed E-state index contributed by atoms with van der Waals surface area (Å²) < 4.78 is 0. The summed E-state index contributed by atoms with van der Waals surface area (Å²) in [4.78, 5) is 12.8. The highest BCUT2D eigenvalue weighted by atomic mass is 16.4. The van der Waals surface area contributed by atoms with Crippen LogP contribution in [0.2, 0.25) is 0 Å². The molecule has 1 N–H and O–H groups in total. The largest absolute Gasteiger partial charge is 0.478 e. The van der Waals surface area contributed by atoms with Crippen LogP contribution in [0.3, 0.4) is 0 Å². The average Bonchev–Trinajstić information content (AvgIpc) is 2.87. The van der Waals surface area contributed by atoms with Crippen molar-refractivity contribution in [3.63, 3.8) is 0 Å². The van der Waals surface area contributed by atoms with Gasteiger partial charge in [0.1, 0.15) is 0 Å². The molecule has 0 spiro atoms. The molecule has 35 heavy (non-hydrogen) atoms. The van der Waals surface area contributed by atoms with E-state index < -0.39 is 5.97 Å². The van der Waals surface area contributed by atoms with Gasteiger partial charge in [0.2, 0.25) is 0 Å². The lowest BCUT2D eigenvalue weighted by Crippen LogP contribution is -2.20. The van der Waals surface area contributed by atoms with Crippen LogP contribution < -0.4 is 0 Å². The molecule has 0 radical (unpaired) electrons. The van der Waals surface area contributed by atoms with Crippen molar-refractivity contribution in [2.45, 2.75) is 142 Å². The lowest BCUT2D eigenvalue weighted by Gasteiger charge is -2.16. The molecule has 0 unspecified atom stereocenters. The number of carboxylic acid groups (broad SMARTS) is 1. The molecule has 204 valence electrons. The topological polar surface area (TPSA) is 40.5 Å². The maximum absolute atomic E-state index is 10.2. The zero-order valence-corrected chi connectivity index (χ0v) is 23.7. The molecule has 0 bridgehead atoms. The van der Waals surface area contributed by atoms with Crippen molar-refractivity contribution in [3.05, 3.63) is 35.9 Å². The molecule has 0 aromatic heterocycles. The van der Waals surface area contributed by atoms with Gasteiger partial charge >= 0.3 is 5.97 Å². The summed E-state index contributed by atoms with van der Waals surface area (Å²) in [6.07, 6.45) is 28.9. The fraction of sp³-hybridized carbons (Fsp3) is 0.781. The first kappa shape index (κ1) is 33.7. The Hall–Kier alpha value is -1.35. The van der Waals surface area contributed by atoms with E-state index in [2.05, 4.69) is 25.8 Å². The molecule has 0 aliphatic heterocycles. The van der Waals surface area contributed by atoms with Gasteiger partial charge in [0, 0.05) is 0 Å². The minimum atomic E-state index is -0.879. The van der Waals surface area contributed by atoms with Gasteiger partial charge in [-0.3, -0.25) is 0 Å². The molecule has 0 saturated carbocycles. The van der Waals surface area contributed by atoms with E-state index in [1.807, 2.05) is 0 Å². The number of benzene rings is 1. The van der Waals surface area contributed by atoms with Crippen LogP contribution in [-0.2, 0) is 0 Å². The van der Waals surface area contributed by atoms with Gasteiger partial charge in [-0.2, -0.15) is 0 Å². The third-order valence-electron chi connectivity index (χ3n) is 6.81. The Morgan fingerprint density at radius 2 is 0.886 bits per heavy atom. The number of hydrogen-bond acceptors (Lipinski definition) is 2. The van der Waals surface area contributed by atoms with Crippen LogP contribution in [0.1, 0.15) is 153 Å². The van der Waals surface area contributed by atoms with E-state index in [-0.39, 0.29) is 0 Å². The van der Waals surface area contributed by atoms with Gasteiger partial charge in [0.15, 0.2) is 0 Å². The van der Waals surface area contributed by atoms with Crippen LogP contribution in [0.4, 0.5) is 0 Å². The predicted molar refractivity (Wildman–Crippen MR) is 155 cm³/mol. The Balaban J connectivity index is 0.00000106. The number of rotatable bonds is 23. The van der Waals surface area contributed by atoms with Gasteiger partial charge in [0.25, 0.3) is 0 Å². The van der Waals surface area contributed by atoms with Crippen molar-refractivity contribution in [1.82, 2.24) is 4.90 Å². The predicted octanol–water partition coefficient (Wildman–Crippen LogP) is 10.1. The summed E-state index contributed by atoms with van der Waals surface area (Å²) in [5.41, 5.74) is 0.331. The van der Waals surface area contributed by atoms with Gasteiger partial charge in [-0.05, 0) is 45.1 Å². The van der Waals surface area contributed by atoms with Crippen LogP contribution in [0.15, 0.2) is 30.3 Å². The van der Waals surface area contributed by atoms with E-state index in [0.29, 0.717) is 5.56 Å². The first-order valence-electron chi connectivity index (χ1n) is 15.1. The second kappa shape index (κ2) is 27.2.